The van der Waals surface area contributed by atoms with E-state index in [-0.39, 0.29) is 5.97 Å². The van der Waals surface area contributed by atoms with Crippen LogP contribution in [0.3, 0.4) is 0 Å². The highest BCUT2D eigenvalue weighted by Gasteiger charge is 2.33. The number of benzene rings is 1. The van der Waals surface area contributed by atoms with Gasteiger partial charge in [0.05, 0.1) is 12.0 Å². The van der Waals surface area contributed by atoms with Crippen molar-refractivity contribution in [1.82, 2.24) is 9.97 Å². The molecule has 1 aromatic carbocycles. The molecule has 1 aliphatic carbocycles. The zero-order valence-electron chi connectivity index (χ0n) is 17.4. The lowest BCUT2D eigenvalue weighted by Crippen LogP contribution is -2.30. The van der Waals surface area contributed by atoms with E-state index >= 15 is 0 Å². The van der Waals surface area contributed by atoms with Crippen LogP contribution in [0.5, 0.6) is 0 Å². The average Bonchev–Trinajstić information content (AvgIpc) is 3.04. The molecule has 0 amide bonds. The minimum Gasteiger partial charge on any atom is -0.465 e. The minimum absolute atomic E-state index is 0.223. The van der Waals surface area contributed by atoms with E-state index in [0.717, 1.165) is 21.7 Å². The zero-order chi connectivity index (χ0) is 20.6. The Morgan fingerprint density at radius 2 is 1.97 bits per heavy atom. The summed E-state index contributed by atoms with van der Waals surface area (Å²) in [6, 6.07) is 6.86. The van der Waals surface area contributed by atoms with E-state index in [9.17, 15) is 4.79 Å². The summed E-state index contributed by atoms with van der Waals surface area (Å²) in [4.78, 5) is 23.7. The van der Waals surface area contributed by atoms with Crippen LogP contribution >= 0.6 is 23.1 Å². The van der Waals surface area contributed by atoms with Gasteiger partial charge in [-0.05, 0) is 70.1 Å². The largest absolute Gasteiger partial charge is 0.465 e. The van der Waals surface area contributed by atoms with Crippen LogP contribution in [-0.4, -0.2) is 27.3 Å². The van der Waals surface area contributed by atoms with Gasteiger partial charge in [0.25, 0.3) is 0 Å². The molecule has 2 aromatic heterocycles. The second kappa shape index (κ2) is 8.07. The van der Waals surface area contributed by atoms with Gasteiger partial charge in [0, 0.05) is 10.4 Å². The number of carbonyl (C=O) groups excluding carboxylic acids is 1. The molecule has 6 heteroatoms. The van der Waals surface area contributed by atoms with E-state index < -0.39 is 4.75 Å². The van der Waals surface area contributed by atoms with Crippen molar-refractivity contribution < 1.29 is 9.53 Å². The molecule has 3 aromatic rings. The van der Waals surface area contributed by atoms with Crippen LogP contribution in [-0.2, 0) is 22.4 Å². The highest BCUT2D eigenvalue weighted by atomic mass is 32.2. The van der Waals surface area contributed by atoms with Gasteiger partial charge >= 0.3 is 5.97 Å². The highest BCUT2D eigenvalue weighted by molar-refractivity contribution is 8.01. The molecule has 4 rings (SSSR count). The molecule has 4 nitrogen and oxygen atoms in total. The molecule has 0 aliphatic heterocycles. The number of aromatic nitrogens is 2. The average molecular weight is 427 g/mol. The van der Waals surface area contributed by atoms with Crippen molar-refractivity contribution in [1.29, 1.82) is 0 Å². The third-order valence-corrected chi connectivity index (χ3v) is 7.58. The van der Waals surface area contributed by atoms with Gasteiger partial charge in [-0.1, -0.05) is 30.0 Å². The molecule has 2 heterocycles. The van der Waals surface area contributed by atoms with Gasteiger partial charge in [-0.15, -0.1) is 11.3 Å². The number of rotatable bonds is 5. The van der Waals surface area contributed by atoms with Crippen LogP contribution in [0.25, 0.3) is 21.3 Å². The van der Waals surface area contributed by atoms with Crippen molar-refractivity contribution in [2.45, 2.75) is 63.2 Å². The molecule has 29 heavy (non-hydrogen) atoms. The first-order chi connectivity index (χ1) is 13.9. The summed E-state index contributed by atoms with van der Waals surface area (Å²) in [6.07, 6.45) is 6.47. The number of thiophene rings is 1. The highest BCUT2D eigenvalue weighted by Crippen LogP contribution is 2.44. The van der Waals surface area contributed by atoms with Crippen LogP contribution in [0.2, 0.25) is 0 Å². The maximum absolute atomic E-state index is 12.4. The molecular weight excluding hydrogens is 400 g/mol. The summed E-state index contributed by atoms with van der Waals surface area (Å²) in [5, 5.41) is 1.89. The van der Waals surface area contributed by atoms with Crippen molar-refractivity contribution in [2.24, 2.45) is 0 Å². The third kappa shape index (κ3) is 3.92. The Hall–Kier alpha value is -1.92. The molecule has 0 spiro atoms. The Balaban J connectivity index is 1.82. The first-order valence-corrected chi connectivity index (χ1v) is 11.8. The number of hydrogen-bond donors (Lipinski definition) is 0. The molecule has 0 fully saturated rings. The van der Waals surface area contributed by atoms with Crippen molar-refractivity contribution >= 4 is 39.3 Å². The number of ether oxygens (including phenoxy) is 1. The minimum atomic E-state index is -0.722. The summed E-state index contributed by atoms with van der Waals surface area (Å²) in [6.45, 7) is 8.13. The fraction of sp³-hybridized carbons (Fsp3) is 0.435. The fourth-order valence-electron chi connectivity index (χ4n) is 3.92. The summed E-state index contributed by atoms with van der Waals surface area (Å²) < 4.78 is 4.55. The molecule has 0 saturated heterocycles. The molecule has 152 valence electrons. The van der Waals surface area contributed by atoms with Gasteiger partial charge < -0.3 is 4.74 Å². The number of carbonyl (C=O) groups is 1. The smallest absolute Gasteiger partial charge is 0.322 e. The van der Waals surface area contributed by atoms with Gasteiger partial charge in [-0.25, -0.2) is 9.97 Å². The third-order valence-electron chi connectivity index (χ3n) is 5.39. The van der Waals surface area contributed by atoms with Crippen LogP contribution < -0.4 is 0 Å². The zero-order valence-corrected chi connectivity index (χ0v) is 19.0. The Morgan fingerprint density at radius 1 is 1.21 bits per heavy atom. The summed E-state index contributed by atoms with van der Waals surface area (Å²) in [5.41, 5.74) is 5.36. The van der Waals surface area contributed by atoms with E-state index in [0.29, 0.717) is 6.61 Å². The first kappa shape index (κ1) is 20.4. The molecule has 0 atom stereocenters. The maximum Gasteiger partial charge on any atom is 0.322 e. The number of thioether (sulfide) groups is 1. The molecule has 0 N–H and O–H groups in total. The van der Waals surface area contributed by atoms with Crippen molar-refractivity contribution in [3.8, 4) is 11.1 Å². The Kier molecular flexibility index (Phi) is 5.67. The van der Waals surface area contributed by atoms with Crippen LogP contribution in [0, 0.1) is 6.92 Å². The second-order valence-corrected chi connectivity index (χ2v) is 10.7. The normalized spacial score (nSPS) is 14.1. The predicted molar refractivity (Wildman–Crippen MR) is 121 cm³/mol. The molecule has 0 radical (unpaired) electrons. The molecule has 0 unspecified atom stereocenters. The summed E-state index contributed by atoms with van der Waals surface area (Å²) in [5.74, 6) is -0.223. The number of hydrogen-bond acceptors (Lipinski definition) is 6. The van der Waals surface area contributed by atoms with Crippen molar-refractivity contribution in [3.63, 3.8) is 0 Å². The number of fused-ring (bicyclic) bond motifs is 2. The lowest BCUT2D eigenvalue weighted by molar-refractivity contribution is -0.145. The lowest BCUT2D eigenvalue weighted by atomic mass is 9.89. The fourth-order valence-corrected chi connectivity index (χ4v) is 6.02. The second-order valence-electron chi connectivity index (χ2n) is 7.92. The van der Waals surface area contributed by atoms with Gasteiger partial charge in [0.2, 0.25) is 0 Å². The Morgan fingerprint density at radius 3 is 2.72 bits per heavy atom. The van der Waals surface area contributed by atoms with Gasteiger partial charge in [-0.2, -0.15) is 0 Å². The van der Waals surface area contributed by atoms with Gasteiger partial charge in [0.1, 0.15) is 20.9 Å². The molecule has 1 aliphatic rings. The Bertz CT molecular complexity index is 1070. The van der Waals surface area contributed by atoms with E-state index in [1.807, 2.05) is 20.8 Å². The SMILES string of the molecule is CCOC(=O)C(C)(C)Sc1ncnc2sc(C)c(-c3ccc4c(c3)CCCC4)c12. The van der Waals surface area contributed by atoms with Gasteiger partial charge in [0.15, 0.2) is 0 Å². The first-order valence-electron chi connectivity index (χ1n) is 10.1. The van der Waals surface area contributed by atoms with Crippen LogP contribution in [0.1, 0.15) is 49.6 Å². The van der Waals surface area contributed by atoms with Gasteiger partial charge in [-0.3, -0.25) is 4.79 Å². The molecule has 0 saturated carbocycles. The maximum atomic E-state index is 12.4. The van der Waals surface area contributed by atoms with E-state index in [2.05, 4.69) is 35.1 Å². The predicted octanol–water partition coefficient (Wildman–Crippen LogP) is 5.98. The standard InChI is InChI=1S/C23H26N2O2S2/c1-5-27-22(26)23(3,4)29-21-19-18(14(2)28-20(19)24-13-25-21)17-11-10-15-8-6-7-9-16(15)12-17/h10-13H,5-9H2,1-4H3. The summed E-state index contributed by atoms with van der Waals surface area (Å²) >= 11 is 3.14. The van der Waals surface area contributed by atoms with Crippen LogP contribution in [0.4, 0.5) is 0 Å². The topological polar surface area (TPSA) is 52.1 Å². The lowest BCUT2D eigenvalue weighted by Gasteiger charge is -2.21. The number of esters is 1. The summed E-state index contributed by atoms with van der Waals surface area (Å²) in [7, 11) is 0. The number of nitrogens with zero attached hydrogens (tertiary/aromatic N) is 2. The van der Waals surface area contributed by atoms with E-state index in [4.69, 9.17) is 4.74 Å². The Labute approximate surface area is 180 Å². The van der Waals surface area contributed by atoms with Crippen molar-refractivity contribution in [3.05, 3.63) is 40.5 Å². The molecule has 0 bridgehead atoms. The van der Waals surface area contributed by atoms with E-state index in [1.54, 1.807) is 17.7 Å². The van der Waals surface area contributed by atoms with Crippen LogP contribution in [0.15, 0.2) is 29.6 Å². The van der Waals surface area contributed by atoms with Crippen molar-refractivity contribution in [2.75, 3.05) is 6.61 Å². The van der Waals surface area contributed by atoms with E-state index in [1.165, 1.54) is 58.2 Å². The monoisotopic (exact) mass is 426 g/mol. The quantitative estimate of drug-likeness (QED) is 0.285. The molecular formula is C23H26N2O2S2. The number of aryl methyl sites for hydroxylation is 3.